The maximum Gasteiger partial charge on any atom is 0.261 e. The number of ether oxygens (including phenoxy) is 1. The van der Waals surface area contributed by atoms with Crippen LogP contribution in [0.15, 0.2) is 71.6 Å². The van der Waals surface area contributed by atoms with Crippen molar-refractivity contribution in [1.82, 2.24) is 0 Å². The van der Waals surface area contributed by atoms with Crippen LogP contribution in [-0.4, -0.2) is 40.6 Å². The number of carbonyl (C=O) groups is 1. The lowest BCUT2D eigenvalue weighted by molar-refractivity contribution is 0.102. The minimum Gasteiger partial charge on any atom is -0.378 e. The number of nitrogens with zero attached hydrogens (tertiary/aromatic N) is 1. The molecule has 8 heteroatoms. The first-order valence-electron chi connectivity index (χ1n) is 10.8. The highest BCUT2D eigenvalue weighted by atomic mass is 32.2. The van der Waals surface area contributed by atoms with Crippen LogP contribution in [0.4, 0.5) is 17.1 Å². The van der Waals surface area contributed by atoms with Gasteiger partial charge in [0.05, 0.1) is 18.1 Å². The minimum absolute atomic E-state index is 0.202. The number of amides is 1. The molecule has 0 saturated carbocycles. The van der Waals surface area contributed by atoms with Gasteiger partial charge < -0.3 is 15.0 Å². The van der Waals surface area contributed by atoms with E-state index in [1.54, 1.807) is 42.5 Å². The van der Waals surface area contributed by atoms with Crippen molar-refractivity contribution in [3.8, 4) is 0 Å². The van der Waals surface area contributed by atoms with Crippen LogP contribution in [0.2, 0.25) is 0 Å². The Morgan fingerprint density at radius 2 is 1.48 bits per heavy atom. The van der Waals surface area contributed by atoms with E-state index < -0.39 is 10.0 Å². The number of hydrogen-bond acceptors (Lipinski definition) is 5. The van der Waals surface area contributed by atoms with E-state index in [9.17, 15) is 13.2 Å². The van der Waals surface area contributed by atoms with Crippen molar-refractivity contribution < 1.29 is 17.9 Å². The third-order valence-electron chi connectivity index (χ3n) is 5.69. The van der Waals surface area contributed by atoms with Crippen LogP contribution in [0.5, 0.6) is 0 Å². The Labute approximate surface area is 194 Å². The molecule has 0 unspecified atom stereocenters. The molecule has 1 heterocycles. The molecule has 4 rings (SSSR count). The molecule has 0 atom stereocenters. The second-order valence-corrected chi connectivity index (χ2v) is 9.71. The highest BCUT2D eigenvalue weighted by Crippen LogP contribution is 2.21. The molecule has 0 aliphatic carbocycles. The van der Waals surface area contributed by atoms with E-state index in [4.69, 9.17) is 4.74 Å². The van der Waals surface area contributed by atoms with Crippen molar-refractivity contribution >= 4 is 33.0 Å². The SMILES string of the molecule is Cc1ccc(S(=O)(=O)Nc2ccc(C(=O)Nc3ccc(N4CCOCC4)cc3)cc2)cc1C. The second-order valence-electron chi connectivity index (χ2n) is 8.03. The molecule has 7 nitrogen and oxygen atoms in total. The molecule has 1 fully saturated rings. The lowest BCUT2D eigenvalue weighted by atomic mass is 10.1. The summed E-state index contributed by atoms with van der Waals surface area (Å²) in [6.45, 7) is 6.95. The summed E-state index contributed by atoms with van der Waals surface area (Å²) in [5, 5.41) is 2.87. The standard InChI is InChI=1S/C25H27N3O4S/c1-18-3-12-24(17-19(18)2)33(30,31)27-22-6-4-20(5-7-22)25(29)26-21-8-10-23(11-9-21)28-13-15-32-16-14-28/h3-12,17,27H,13-16H2,1-2H3,(H,26,29). The van der Waals surface area contributed by atoms with Gasteiger partial charge in [-0.2, -0.15) is 0 Å². The van der Waals surface area contributed by atoms with Gasteiger partial charge in [0, 0.05) is 35.7 Å². The van der Waals surface area contributed by atoms with Gasteiger partial charge in [0.1, 0.15) is 0 Å². The third kappa shape index (κ3) is 5.53. The van der Waals surface area contributed by atoms with Gasteiger partial charge in [0.25, 0.3) is 15.9 Å². The number of carbonyl (C=O) groups excluding carboxylic acids is 1. The Balaban J connectivity index is 1.39. The van der Waals surface area contributed by atoms with Crippen molar-refractivity contribution in [3.63, 3.8) is 0 Å². The van der Waals surface area contributed by atoms with Crippen LogP contribution >= 0.6 is 0 Å². The van der Waals surface area contributed by atoms with E-state index in [1.807, 2.05) is 38.1 Å². The summed E-state index contributed by atoms with van der Waals surface area (Å²) in [6, 6.07) is 19.0. The van der Waals surface area contributed by atoms with Crippen molar-refractivity contribution in [2.24, 2.45) is 0 Å². The van der Waals surface area contributed by atoms with Crippen molar-refractivity contribution in [2.45, 2.75) is 18.7 Å². The molecule has 0 bridgehead atoms. The van der Waals surface area contributed by atoms with Gasteiger partial charge in [-0.15, -0.1) is 0 Å². The average Bonchev–Trinajstić information content (AvgIpc) is 2.82. The van der Waals surface area contributed by atoms with Crippen LogP contribution in [-0.2, 0) is 14.8 Å². The first-order valence-corrected chi connectivity index (χ1v) is 12.2. The van der Waals surface area contributed by atoms with E-state index in [1.165, 1.54) is 0 Å². The molecule has 1 saturated heterocycles. The smallest absolute Gasteiger partial charge is 0.261 e. The Bertz CT molecular complexity index is 1230. The first kappa shape index (κ1) is 22.8. The number of sulfonamides is 1. The van der Waals surface area contributed by atoms with Gasteiger partial charge in [-0.1, -0.05) is 6.07 Å². The molecule has 3 aromatic rings. The van der Waals surface area contributed by atoms with Gasteiger partial charge in [0.15, 0.2) is 0 Å². The molecule has 2 N–H and O–H groups in total. The van der Waals surface area contributed by atoms with Crippen molar-refractivity contribution in [2.75, 3.05) is 41.2 Å². The molecule has 0 aromatic heterocycles. The number of benzene rings is 3. The maximum atomic E-state index is 12.7. The quantitative estimate of drug-likeness (QED) is 0.570. The topological polar surface area (TPSA) is 87.7 Å². The Hall–Kier alpha value is -3.36. The Kier molecular flexibility index (Phi) is 6.67. The van der Waals surface area contributed by atoms with E-state index in [2.05, 4.69) is 14.9 Å². The van der Waals surface area contributed by atoms with E-state index in [0.717, 1.165) is 43.1 Å². The van der Waals surface area contributed by atoms with Crippen molar-refractivity contribution in [3.05, 3.63) is 83.4 Å². The molecule has 33 heavy (non-hydrogen) atoms. The summed E-state index contributed by atoms with van der Waals surface area (Å²) in [7, 11) is -3.71. The normalized spacial score (nSPS) is 14.1. The molecule has 0 radical (unpaired) electrons. The lowest BCUT2D eigenvalue weighted by Crippen LogP contribution is -2.36. The van der Waals surface area contributed by atoms with Crippen LogP contribution in [0.3, 0.4) is 0 Å². The van der Waals surface area contributed by atoms with Crippen LogP contribution in [0, 0.1) is 13.8 Å². The second kappa shape index (κ2) is 9.64. The summed E-state index contributed by atoms with van der Waals surface area (Å²) in [5.41, 5.74) is 4.54. The fourth-order valence-corrected chi connectivity index (χ4v) is 4.71. The summed E-state index contributed by atoms with van der Waals surface area (Å²) >= 11 is 0. The minimum atomic E-state index is -3.71. The summed E-state index contributed by atoms with van der Waals surface area (Å²) < 4.78 is 33.3. The summed E-state index contributed by atoms with van der Waals surface area (Å²) in [6.07, 6.45) is 0. The molecule has 1 aliphatic rings. The lowest BCUT2D eigenvalue weighted by Gasteiger charge is -2.28. The highest BCUT2D eigenvalue weighted by Gasteiger charge is 2.16. The highest BCUT2D eigenvalue weighted by molar-refractivity contribution is 7.92. The van der Waals surface area contributed by atoms with Gasteiger partial charge >= 0.3 is 0 Å². The zero-order chi connectivity index (χ0) is 23.4. The number of anilines is 3. The molecule has 0 spiro atoms. The number of hydrogen-bond donors (Lipinski definition) is 2. The zero-order valence-electron chi connectivity index (χ0n) is 18.7. The fraction of sp³-hybridized carbons (Fsp3) is 0.240. The maximum absolute atomic E-state index is 12.7. The number of morpholine rings is 1. The van der Waals surface area contributed by atoms with Crippen LogP contribution < -0.4 is 14.9 Å². The Morgan fingerprint density at radius 3 is 2.12 bits per heavy atom. The Morgan fingerprint density at radius 1 is 0.848 bits per heavy atom. The molecule has 1 aliphatic heterocycles. The van der Waals surface area contributed by atoms with E-state index >= 15 is 0 Å². The zero-order valence-corrected chi connectivity index (χ0v) is 19.5. The van der Waals surface area contributed by atoms with E-state index in [-0.39, 0.29) is 10.8 Å². The number of nitrogens with one attached hydrogen (secondary N) is 2. The summed E-state index contributed by atoms with van der Waals surface area (Å²) in [5.74, 6) is -0.266. The third-order valence-corrected chi connectivity index (χ3v) is 7.07. The predicted octanol–water partition coefficient (Wildman–Crippen LogP) is 4.19. The molecule has 172 valence electrons. The average molecular weight is 466 g/mol. The van der Waals surface area contributed by atoms with Crippen LogP contribution in [0.25, 0.3) is 0 Å². The van der Waals surface area contributed by atoms with E-state index in [0.29, 0.717) is 16.9 Å². The van der Waals surface area contributed by atoms with Gasteiger partial charge in [-0.3, -0.25) is 9.52 Å². The molecular weight excluding hydrogens is 438 g/mol. The first-order chi connectivity index (χ1) is 15.8. The van der Waals surface area contributed by atoms with Gasteiger partial charge in [-0.05, 0) is 85.6 Å². The van der Waals surface area contributed by atoms with Crippen LogP contribution in [0.1, 0.15) is 21.5 Å². The fourth-order valence-electron chi connectivity index (χ4n) is 3.57. The molecule has 1 amide bonds. The number of aryl methyl sites for hydroxylation is 2. The predicted molar refractivity (Wildman–Crippen MR) is 131 cm³/mol. The monoisotopic (exact) mass is 465 g/mol. The van der Waals surface area contributed by atoms with Crippen molar-refractivity contribution in [1.29, 1.82) is 0 Å². The van der Waals surface area contributed by atoms with Gasteiger partial charge in [0.2, 0.25) is 0 Å². The summed E-state index contributed by atoms with van der Waals surface area (Å²) in [4.78, 5) is 15.1. The largest absolute Gasteiger partial charge is 0.378 e. The van der Waals surface area contributed by atoms with Gasteiger partial charge in [-0.25, -0.2) is 8.42 Å². The molecule has 3 aromatic carbocycles. The number of rotatable bonds is 6. The molecular formula is C25H27N3O4S.